The Labute approximate surface area is 102 Å². The van der Waals surface area contributed by atoms with Gasteiger partial charge in [-0.05, 0) is 12.8 Å². The third kappa shape index (κ3) is 3.15. The summed E-state index contributed by atoms with van der Waals surface area (Å²) in [7, 11) is 3.73. The SMILES string of the molecule is CCOC(=O)c1cnc(N(C)C)nc1C(C)C. The maximum Gasteiger partial charge on any atom is 0.341 e. The second-order valence-corrected chi connectivity index (χ2v) is 4.24. The van der Waals surface area contributed by atoms with E-state index in [1.165, 1.54) is 6.20 Å². The summed E-state index contributed by atoms with van der Waals surface area (Å²) in [4.78, 5) is 22.1. The van der Waals surface area contributed by atoms with Crippen molar-refractivity contribution in [1.82, 2.24) is 9.97 Å². The van der Waals surface area contributed by atoms with Gasteiger partial charge in [-0.3, -0.25) is 0 Å². The molecule has 17 heavy (non-hydrogen) atoms. The number of esters is 1. The smallest absolute Gasteiger partial charge is 0.341 e. The largest absolute Gasteiger partial charge is 0.462 e. The molecule has 1 rings (SSSR count). The Kier molecular flexibility index (Phi) is 4.43. The number of anilines is 1. The van der Waals surface area contributed by atoms with Gasteiger partial charge < -0.3 is 9.64 Å². The van der Waals surface area contributed by atoms with Crippen LogP contribution in [-0.2, 0) is 4.74 Å². The molecule has 94 valence electrons. The van der Waals surface area contributed by atoms with Crippen molar-refractivity contribution in [3.8, 4) is 0 Å². The number of hydrogen-bond acceptors (Lipinski definition) is 5. The molecule has 0 N–H and O–H groups in total. The highest BCUT2D eigenvalue weighted by atomic mass is 16.5. The fourth-order valence-corrected chi connectivity index (χ4v) is 1.41. The van der Waals surface area contributed by atoms with E-state index in [1.54, 1.807) is 11.8 Å². The highest BCUT2D eigenvalue weighted by Gasteiger charge is 2.18. The Morgan fingerprint density at radius 1 is 1.47 bits per heavy atom. The Bertz CT molecular complexity index is 403. The molecule has 0 atom stereocenters. The Balaban J connectivity index is 3.17. The summed E-state index contributed by atoms with van der Waals surface area (Å²) in [5, 5.41) is 0. The maximum absolute atomic E-state index is 11.7. The zero-order valence-electron chi connectivity index (χ0n) is 11.0. The first-order chi connectivity index (χ1) is 7.97. The van der Waals surface area contributed by atoms with Gasteiger partial charge in [0.15, 0.2) is 0 Å². The van der Waals surface area contributed by atoms with E-state index in [0.29, 0.717) is 18.1 Å². The highest BCUT2D eigenvalue weighted by Crippen LogP contribution is 2.19. The van der Waals surface area contributed by atoms with Crippen molar-refractivity contribution in [1.29, 1.82) is 0 Å². The van der Waals surface area contributed by atoms with Gasteiger partial charge in [-0.1, -0.05) is 13.8 Å². The number of carbonyl (C=O) groups excluding carboxylic acids is 1. The van der Waals surface area contributed by atoms with Crippen molar-refractivity contribution in [2.75, 3.05) is 25.6 Å². The fraction of sp³-hybridized carbons (Fsp3) is 0.583. The number of ether oxygens (including phenoxy) is 1. The van der Waals surface area contributed by atoms with E-state index in [1.807, 2.05) is 27.9 Å². The van der Waals surface area contributed by atoms with E-state index in [9.17, 15) is 4.79 Å². The molecule has 0 aromatic carbocycles. The van der Waals surface area contributed by atoms with Gasteiger partial charge in [0, 0.05) is 20.3 Å². The lowest BCUT2D eigenvalue weighted by Crippen LogP contribution is -2.17. The number of carbonyl (C=O) groups is 1. The van der Waals surface area contributed by atoms with E-state index in [0.717, 1.165) is 5.69 Å². The molecule has 0 saturated heterocycles. The van der Waals surface area contributed by atoms with Gasteiger partial charge in [0.25, 0.3) is 0 Å². The molecule has 1 heterocycles. The van der Waals surface area contributed by atoms with Gasteiger partial charge in [0.1, 0.15) is 0 Å². The summed E-state index contributed by atoms with van der Waals surface area (Å²) in [6.45, 7) is 6.11. The van der Waals surface area contributed by atoms with Crippen LogP contribution in [0.15, 0.2) is 6.20 Å². The first-order valence-corrected chi connectivity index (χ1v) is 5.68. The maximum atomic E-state index is 11.7. The van der Waals surface area contributed by atoms with Crippen LogP contribution in [0.2, 0.25) is 0 Å². The zero-order valence-corrected chi connectivity index (χ0v) is 11.0. The Morgan fingerprint density at radius 3 is 2.59 bits per heavy atom. The van der Waals surface area contributed by atoms with Gasteiger partial charge in [-0.15, -0.1) is 0 Å². The van der Waals surface area contributed by atoms with Crippen LogP contribution >= 0.6 is 0 Å². The van der Waals surface area contributed by atoms with Crippen LogP contribution in [0.5, 0.6) is 0 Å². The minimum Gasteiger partial charge on any atom is -0.462 e. The van der Waals surface area contributed by atoms with Gasteiger partial charge >= 0.3 is 5.97 Å². The van der Waals surface area contributed by atoms with Crippen molar-refractivity contribution in [2.45, 2.75) is 26.7 Å². The molecule has 0 aliphatic heterocycles. The molecular weight excluding hydrogens is 218 g/mol. The van der Waals surface area contributed by atoms with E-state index in [4.69, 9.17) is 4.74 Å². The lowest BCUT2D eigenvalue weighted by atomic mass is 10.1. The molecule has 1 aromatic rings. The van der Waals surface area contributed by atoms with E-state index < -0.39 is 0 Å². The number of hydrogen-bond donors (Lipinski definition) is 0. The normalized spacial score (nSPS) is 10.5. The predicted molar refractivity (Wildman–Crippen MR) is 66.4 cm³/mol. The minimum atomic E-state index is -0.360. The third-order valence-electron chi connectivity index (χ3n) is 2.25. The van der Waals surface area contributed by atoms with E-state index in [-0.39, 0.29) is 11.9 Å². The van der Waals surface area contributed by atoms with Gasteiger partial charge in [0.05, 0.1) is 17.9 Å². The topological polar surface area (TPSA) is 55.3 Å². The fourth-order valence-electron chi connectivity index (χ4n) is 1.41. The van der Waals surface area contributed by atoms with Crippen molar-refractivity contribution in [2.24, 2.45) is 0 Å². The molecule has 0 amide bonds. The molecule has 5 heteroatoms. The van der Waals surface area contributed by atoms with E-state index in [2.05, 4.69) is 9.97 Å². The lowest BCUT2D eigenvalue weighted by molar-refractivity contribution is 0.0523. The summed E-state index contributed by atoms with van der Waals surface area (Å²) in [6, 6.07) is 0. The molecule has 0 aliphatic rings. The molecule has 0 unspecified atom stereocenters. The average molecular weight is 237 g/mol. The standard InChI is InChI=1S/C12H19N3O2/c1-6-17-11(16)9-7-13-12(15(4)5)14-10(9)8(2)3/h7-8H,6H2,1-5H3. The second kappa shape index (κ2) is 5.61. The summed E-state index contributed by atoms with van der Waals surface area (Å²) in [5.41, 5.74) is 1.18. The monoisotopic (exact) mass is 237 g/mol. The molecule has 0 fully saturated rings. The molecule has 0 radical (unpaired) electrons. The summed E-state index contributed by atoms with van der Waals surface area (Å²) >= 11 is 0. The van der Waals surface area contributed by atoms with Crippen molar-refractivity contribution >= 4 is 11.9 Å². The van der Waals surface area contributed by atoms with Crippen LogP contribution in [0.25, 0.3) is 0 Å². The summed E-state index contributed by atoms with van der Waals surface area (Å²) < 4.78 is 4.99. The third-order valence-corrected chi connectivity index (χ3v) is 2.25. The van der Waals surface area contributed by atoms with Gasteiger partial charge in [-0.25, -0.2) is 14.8 Å². The van der Waals surface area contributed by atoms with Crippen LogP contribution in [-0.4, -0.2) is 36.6 Å². The molecule has 0 saturated carbocycles. The molecule has 0 aliphatic carbocycles. The second-order valence-electron chi connectivity index (χ2n) is 4.24. The molecule has 0 bridgehead atoms. The summed E-state index contributed by atoms with van der Waals surface area (Å²) in [5.74, 6) is 0.388. The van der Waals surface area contributed by atoms with Crippen LogP contribution in [0, 0.1) is 0 Å². The zero-order chi connectivity index (χ0) is 13.0. The number of nitrogens with zero attached hydrogens (tertiary/aromatic N) is 3. The lowest BCUT2D eigenvalue weighted by Gasteiger charge is -2.15. The molecule has 5 nitrogen and oxygen atoms in total. The van der Waals surface area contributed by atoms with Crippen LogP contribution in [0.4, 0.5) is 5.95 Å². The highest BCUT2D eigenvalue weighted by molar-refractivity contribution is 5.90. The molecule has 1 aromatic heterocycles. The quantitative estimate of drug-likeness (QED) is 0.748. The Morgan fingerprint density at radius 2 is 2.12 bits per heavy atom. The van der Waals surface area contributed by atoms with E-state index >= 15 is 0 Å². The first kappa shape index (κ1) is 13.4. The predicted octanol–water partition coefficient (Wildman–Crippen LogP) is 1.84. The van der Waals surface area contributed by atoms with Crippen LogP contribution < -0.4 is 4.90 Å². The summed E-state index contributed by atoms with van der Waals surface area (Å²) in [6.07, 6.45) is 1.54. The van der Waals surface area contributed by atoms with Crippen LogP contribution in [0.1, 0.15) is 42.7 Å². The van der Waals surface area contributed by atoms with Crippen molar-refractivity contribution < 1.29 is 9.53 Å². The molecular formula is C12H19N3O2. The van der Waals surface area contributed by atoms with Gasteiger partial charge in [-0.2, -0.15) is 0 Å². The minimum absolute atomic E-state index is 0.149. The number of rotatable bonds is 4. The first-order valence-electron chi connectivity index (χ1n) is 5.68. The Hall–Kier alpha value is -1.65. The average Bonchev–Trinajstić information content (AvgIpc) is 2.28. The van der Waals surface area contributed by atoms with Gasteiger partial charge in [0.2, 0.25) is 5.95 Å². The van der Waals surface area contributed by atoms with Crippen molar-refractivity contribution in [3.05, 3.63) is 17.5 Å². The number of aromatic nitrogens is 2. The molecule has 0 spiro atoms. The van der Waals surface area contributed by atoms with Crippen LogP contribution in [0.3, 0.4) is 0 Å². The van der Waals surface area contributed by atoms with Crippen molar-refractivity contribution in [3.63, 3.8) is 0 Å².